The average Bonchev–Trinajstić information content (AvgIpc) is 2.74. The van der Waals surface area contributed by atoms with E-state index in [0.717, 1.165) is 12.1 Å². The highest BCUT2D eigenvalue weighted by molar-refractivity contribution is 6.33. The number of amides is 2. The summed E-state index contributed by atoms with van der Waals surface area (Å²) in [6.07, 6.45) is 0.111. The first-order chi connectivity index (χ1) is 11.6. The van der Waals surface area contributed by atoms with Crippen LogP contribution < -0.4 is 0 Å². The quantitative estimate of drug-likeness (QED) is 0.704. The summed E-state index contributed by atoms with van der Waals surface area (Å²) in [5.41, 5.74) is -0.691. The standard InChI is InChI=1S/C17H21ClF2N2O3/c1-17(2,3)25-16(24)22-6-4-5-21(7-8-22)15(23)11-9-13(19)14(20)10-12(11)18/h9-10H,4-8H2,1-3H3. The molecule has 2 rings (SSSR count). The van der Waals surface area contributed by atoms with Crippen molar-refractivity contribution in [3.63, 3.8) is 0 Å². The molecule has 1 aromatic carbocycles. The highest BCUT2D eigenvalue weighted by Gasteiger charge is 2.27. The van der Waals surface area contributed by atoms with Gasteiger partial charge in [0.2, 0.25) is 0 Å². The van der Waals surface area contributed by atoms with Crippen molar-refractivity contribution in [2.75, 3.05) is 26.2 Å². The molecule has 0 radical (unpaired) electrons. The Morgan fingerprint density at radius 2 is 1.60 bits per heavy atom. The number of hydrogen-bond donors (Lipinski definition) is 0. The van der Waals surface area contributed by atoms with Gasteiger partial charge in [0.15, 0.2) is 11.6 Å². The number of nitrogens with zero attached hydrogens (tertiary/aromatic N) is 2. The maximum atomic E-state index is 13.4. The molecule has 0 unspecified atom stereocenters. The third-order valence-corrected chi connectivity index (χ3v) is 3.99. The maximum Gasteiger partial charge on any atom is 0.410 e. The van der Waals surface area contributed by atoms with Crippen LogP contribution in [-0.2, 0) is 4.74 Å². The molecule has 0 N–H and O–H groups in total. The molecule has 8 heteroatoms. The summed E-state index contributed by atoms with van der Waals surface area (Å²) in [5, 5.41) is -0.142. The van der Waals surface area contributed by atoms with E-state index in [1.165, 1.54) is 9.80 Å². The van der Waals surface area contributed by atoms with Crippen molar-refractivity contribution in [1.82, 2.24) is 9.80 Å². The van der Waals surface area contributed by atoms with E-state index < -0.39 is 29.2 Å². The Kier molecular flexibility index (Phi) is 5.87. The number of rotatable bonds is 1. The smallest absolute Gasteiger partial charge is 0.410 e. The van der Waals surface area contributed by atoms with Crippen LogP contribution >= 0.6 is 11.6 Å². The predicted molar refractivity (Wildman–Crippen MR) is 89.7 cm³/mol. The molecule has 1 aliphatic rings. The van der Waals surface area contributed by atoms with Crippen LogP contribution in [0.15, 0.2) is 12.1 Å². The van der Waals surface area contributed by atoms with Gasteiger partial charge in [-0.1, -0.05) is 11.6 Å². The molecule has 1 saturated heterocycles. The number of halogens is 3. The lowest BCUT2D eigenvalue weighted by atomic mass is 10.1. The second-order valence-corrected chi connectivity index (χ2v) is 7.27. The lowest BCUT2D eigenvalue weighted by Gasteiger charge is -2.26. The van der Waals surface area contributed by atoms with Crippen LogP contribution in [0.2, 0.25) is 5.02 Å². The van der Waals surface area contributed by atoms with Crippen molar-refractivity contribution in [2.24, 2.45) is 0 Å². The summed E-state index contributed by atoms with van der Waals surface area (Å²) in [7, 11) is 0. The Labute approximate surface area is 150 Å². The molecular weight excluding hydrogens is 354 g/mol. The lowest BCUT2D eigenvalue weighted by Crippen LogP contribution is -2.40. The Hall–Kier alpha value is -1.89. The van der Waals surface area contributed by atoms with E-state index in [1.54, 1.807) is 20.8 Å². The van der Waals surface area contributed by atoms with Crippen LogP contribution in [0.3, 0.4) is 0 Å². The van der Waals surface area contributed by atoms with E-state index in [2.05, 4.69) is 0 Å². The minimum atomic E-state index is -1.13. The molecule has 0 atom stereocenters. The van der Waals surface area contributed by atoms with E-state index in [9.17, 15) is 18.4 Å². The van der Waals surface area contributed by atoms with Crippen molar-refractivity contribution >= 4 is 23.6 Å². The van der Waals surface area contributed by atoms with E-state index in [1.807, 2.05) is 0 Å². The highest BCUT2D eigenvalue weighted by Crippen LogP contribution is 2.22. The number of carbonyl (C=O) groups is 2. The lowest BCUT2D eigenvalue weighted by molar-refractivity contribution is 0.0255. The maximum absolute atomic E-state index is 13.4. The number of hydrogen-bond acceptors (Lipinski definition) is 3. The number of carbonyl (C=O) groups excluding carboxylic acids is 2. The number of benzene rings is 1. The summed E-state index contributed by atoms with van der Waals surface area (Å²) >= 11 is 5.87. The summed E-state index contributed by atoms with van der Waals surface area (Å²) < 4.78 is 31.9. The molecule has 1 fully saturated rings. The van der Waals surface area contributed by atoms with Gasteiger partial charge in [-0.25, -0.2) is 13.6 Å². The predicted octanol–water partition coefficient (Wildman–Crippen LogP) is 3.70. The monoisotopic (exact) mass is 374 g/mol. The van der Waals surface area contributed by atoms with Gasteiger partial charge in [-0.05, 0) is 39.3 Å². The molecule has 0 aromatic heterocycles. The Morgan fingerprint density at radius 1 is 1.04 bits per heavy atom. The minimum absolute atomic E-state index is 0.0914. The molecule has 0 bridgehead atoms. The van der Waals surface area contributed by atoms with Crippen molar-refractivity contribution < 1.29 is 23.1 Å². The summed E-state index contributed by atoms with van der Waals surface area (Å²) in [6.45, 7) is 6.73. The molecule has 2 amide bonds. The molecule has 25 heavy (non-hydrogen) atoms. The summed E-state index contributed by atoms with van der Waals surface area (Å²) in [6, 6.07) is 1.59. The van der Waals surface area contributed by atoms with Gasteiger partial charge in [0.25, 0.3) is 5.91 Å². The SMILES string of the molecule is CC(C)(C)OC(=O)N1CCCN(C(=O)c2cc(F)c(F)cc2Cl)CC1. The third-order valence-electron chi connectivity index (χ3n) is 3.68. The fourth-order valence-electron chi connectivity index (χ4n) is 2.49. The fourth-order valence-corrected chi connectivity index (χ4v) is 2.72. The molecule has 0 aliphatic carbocycles. The van der Waals surface area contributed by atoms with E-state index >= 15 is 0 Å². The van der Waals surface area contributed by atoms with Crippen LogP contribution in [-0.4, -0.2) is 53.6 Å². The van der Waals surface area contributed by atoms with Crippen LogP contribution in [0, 0.1) is 11.6 Å². The largest absolute Gasteiger partial charge is 0.444 e. The molecular formula is C17H21ClF2N2O3. The topological polar surface area (TPSA) is 49.9 Å². The fraction of sp³-hybridized carbons (Fsp3) is 0.529. The molecule has 0 spiro atoms. The van der Waals surface area contributed by atoms with Crippen LogP contribution in [0.5, 0.6) is 0 Å². The van der Waals surface area contributed by atoms with Crippen LogP contribution in [0.1, 0.15) is 37.6 Å². The third kappa shape index (κ3) is 5.04. The molecule has 0 saturated carbocycles. The first kappa shape index (κ1) is 19.4. The van der Waals surface area contributed by atoms with Gasteiger partial charge < -0.3 is 14.5 Å². The van der Waals surface area contributed by atoms with Gasteiger partial charge >= 0.3 is 6.09 Å². The zero-order valence-electron chi connectivity index (χ0n) is 14.4. The van der Waals surface area contributed by atoms with E-state index in [-0.39, 0.29) is 17.1 Å². The second kappa shape index (κ2) is 7.56. The normalized spacial score (nSPS) is 15.8. The zero-order chi connectivity index (χ0) is 18.8. The van der Waals surface area contributed by atoms with Crippen molar-refractivity contribution in [1.29, 1.82) is 0 Å². The van der Waals surface area contributed by atoms with Gasteiger partial charge in [-0.2, -0.15) is 0 Å². The van der Waals surface area contributed by atoms with Crippen LogP contribution in [0.4, 0.5) is 13.6 Å². The molecule has 1 heterocycles. The first-order valence-corrected chi connectivity index (χ1v) is 8.38. The zero-order valence-corrected chi connectivity index (χ0v) is 15.2. The van der Waals surface area contributed by atoms with Gasteiger partial charge in [-0.15, -0.1) is 0 Å². The van der Waals surface area contributed by atoms with E-state index in [0.29, 0.717) is 26.1 Å². The van der Waals surface area contributed by atoms with Gasteiger partial charge in [0, 0.05) is 26.2 Å². The van der Waals surface area contributed by atoms with Crippen molar-refractivity contribution in [3.8, 4) is 0 Å². The Bertz CT molecular complexity index is 677. The number of ether oxygens (including phenoxy) is 1. The molecule has 138 valence electrons. The molecule has 1 aliphatic heterocycles. The van der Waals surface area contributed by atoms with Crippen molar-refractivity contribution in [2.45, 2.75) is 32.8 Å². The van der Waals surface area contributed by atoms with E-state index in [4.69, 9.17) is 16.3 Å². The molecule has 5 nitrogen and oxygen atoms in total. The molecule has 1 aromatic rings. The van der Waals surface area contributed by atoms with Gasteiger partial charge in [-0.3, -0.25) is 4.79 Å². The van der Waals surface area contributed by atoms with Gasteiger partial charge in [0.1, 0.15) is 5.60 Å². The Balaban J connectivity index is 2.07. The van der Waals surface area contributed by atoms with Crippen molar-refractivity contribution in [3.05, 3.63) is 34.4 Å². The first-order valence-electron chi connectivity index (χ1n) is 8.00. The minimum Gasteiger partial charge on any atom is -0.444 e. The highest BCUT2D eigenvalue weighted by atomic mass is 35.5. The van der Waals surface area contributed by atoms with Gasteiger partial charge in [0.05, 0.1) is 10.6 Å². The average molecular weight is 375 g/mol. The summed E-state index contributed by atoms with van der Waals surface area (Å²) in [4.78, 5) is 27.7. The second-order valence-electron chi connectivity index (χ2n) is 6.86. The summed E-state index contributed by atoms with van der Waals surface area (Å²) in [5.74, 6) is -2.72. The Morgan fingerprint density at radius 3 is 2.24 bits per heavy atom. The van der Waals surface area contributed by atoms with Crippen LogP contribution in [0.25, 0.3) is 0 Å².